The molecule has 4 rings (SSSR count). The number of rotatable bonds is 8. The van der Waals surface area contributed by atoms with E-state index in [1.54, 1.807) is 18.5 Å². The Morgan fingerprint density at radius 3 is 2.56 bits per heavy atom. The summed E-state index contributed by atoms with van der Waals surface area (Å²) in [5.74, 6) is 1.10. The zero-order chi connectivity index (χ0) is 22.5. The number of benzene rings is 2. The fourth-order valence-corrected chi connectivity index (χ4v) is 3.77. The Bertz CT molecular complexity index is 977. The number of carbonyl (C=O) groups is 2. The van der Waals surface area contributed by atoms with Crippen molar-refractivity contribution in [1.82, 2.24) is 20.8 Å². The molecule has 2 N–H and O–H groups in total. The Hall–Kier alpha value is -3.59. The van der Waals surface area contributed by atoms with Gasteiger partial charge in [-0.05, 0) is 48.7 Å². The van der Waals surface area contributed by atoms with Gasteiger partial charge in [0.15, 0.2) is 0 Å². The second-order valence-corrected chi connectivity index (χ2v) is 7.59. The molecule has 2 aromatic rings. The number of nitrogens with zero attached hydrogens (tertiary/aromatic N) is 3. The van der Waals surface area contributed by atoms with Crippen molar-refractivity contribution in [1.29, 1.82) is 0 Å². The Balaban J connectivity index is 1.30. The third-order valence-corrected chi connectivity index (χ3v) is 5.49. The van der Waals surface area contributed by atoms with Crippen molar-refractivity contribution >= 4 is 18.2 Å². The van der Waals surface area contributed by atoms with Gasteiger partial charge >= 0.3 is 0 Å². The lowest BCUT2D eigenvalue weighted by molar-refractivity contribution is -0.140. The predicted octanol–water partition coefficient (Wildman–Crippen LogP) is 1.82. The zero-order valence-electron chi connectivity index (χ0n) is 18.2. The van der Waals surface area contributed by atoms with Crippen LogP contribution in [0.1, 0.15) is 30.5 Å². The summed E-state index contributed by atoms with van der Waals surface area (Å²) in [7, 11) is 1.61. The highest BCUT2D eigenvalue weighted by atomic mass is 16.5. The number of nitrogens with one attached hydrogen (secondary N) is 2. The molecule has 2 aromatic carbocycles. The van der Waals surface area contributed by atoms with E-state index in [1.165, 1.54) is 5.01 Å². The maximum absolute atomic E-state index is 12.9. The molecule has 0 bridgehead atoms. The Morgan fingerprint density at radius 1 is 1.16 bits per heavy atom. The molecular formula is C23H27N5O4. The highest BCUT2D eigenvalue weighted by Gasteiger charge is 2.41. The van der Waals surface area contributed by atoms with E-state index < -0.39 is 6.04 Å². The summed E-state index contributed by atoms with van der Waals surface area (Å²) in [5, 5.41) is 9.93. The zero-order valence-corrected chi connectivity index (χ0v) is 18.2. The van der Waals surface area contributed by atoms with Crippen molar-refractivity contribution in [3.8, 4) is 11.5 Å². The number of ether oxygens (including phenoxy) is 2. The lowest BCUT2D eigenvalue weighted by atomic mass is 10.0. The molecule has 9 heteroatoms. The van der Waals surface area contributed by atoms with Gasteiger partial charge in [-0.1, -0.05) is 24.3 Å². The summed E-state index contributed by atoms with van der Waals surface area (Å²) >= 11 is 0. The summed E-state index contributed by atoms with van der Waals surface area (Å²) in [6.45, 7) is 2.81. The van der Waals surface area contributed by atoms with Gasteiger partial charge in [0, 0.05) is 6.54 Å². The summed E-state index contributed by atoms with van der Waals surface area (Å²) in [6, 6.07) is 14.8. The number of methoxy groups -OCH3 is 1. The molecule has 2 aliphatic rings. The van der Waals surface area contributed by atoms with E-state index in [0.717, 1.165) is 22.6 Å². The molecule has 0 aromatic heterocycles. The van der Waals surface area contributed by atoms with Crippen molar-refractivity contribution in [2.24, 2.45) is 5.10 Å². The maximum Gasteiger partial charge on any atom is 0.267 e. The molecule has 168 valence electrons. The number of hydrazone groups is 1. The van der Waals surface area contributed by atoms with Crippen LogP contribution in [0, 0.1) is 0 Å². The molecule has 1 fully saturated rings. The van der Waals surface area contributed by atoms with Crippen molar-refractivity contribution in [2.45, 2.75) is 32.0 Å². The van der Waals surface area contributed by atoms with Crippen LogP contribution >= 0.6 is 0 Å². The lowest BCUT2D eigenvalue weighted by Gasteiger charge is -2.29. The molecule has 2 unspecified atom stereocenters. The van der Waals surface area contributed by atoms with E-state index in [2.05, 4.69) is 15.8 Å². The van der Waals surface area contributed by atoms with Gasteiger partial charge in [0.05, 0.1) is 19.8 Å². The van der Waals surface area contributed by atoms with Crippen LogP contribution in [0.25, 0.3) is 0 Å². The first kappa shape index (κ1) is 21.6. The first-order valence-corrected chi connectivity index (χ1v) is 10.6. The van der Waals surface area contributed by atoms with Gasteiger partial charge in [0.1, 0.15) is 30.4 Å². The van der Waals surface area contributed by atoms with Crippen LogP contribution in [-0.4, -0.2) is 54.5 Å². The Labute approximate surface area is 186 Å². The van der Waals surface area contributed by atoms with Crippen LogP contribution in [0.2, 0.25) is 0 Å². The van der Waals surface area contributed by atoms with Crippen LogP contribution in [0.3, 0.4) is 0 Å². The topological polar surface area (TPSA) is 95.5 Å². The second-order valence-electron chi connectivity index (χ2n) is 7.59. The molecule has 2 atom stereocenters. The first-order valence-electron chi connectivity index (χ1n) is 10.6. The molecule has 0 aliphatic carbocycles. The number of fused-ring (bicyclic) bond motifs is 1. The van der Waals surface area contributed by atoms with Crippen molar-refractivity contribution < 1.29 is 19.1 Å². The minimum Gasteiger partial charge on any atom is -0.497 e. The van der Waals surface area contributed by atoms with Crippen LogP contribution in [0.15, 0.2) is 53.6 Å². The van der Waals surface area contributed by atoms with E-state index >= 15 is 0 Å². The van der Waals surface area contributed by atoms with Crippen molar-refractivity contribution in [2.75, 3.05) is 20.3 Å². The number of hydrazine groups is 1. The van der Waals surface area contributed by atoms with E-state index in [-0.39, 0.29) is 24.4 Å². The molecule has 2 heterocycles. The van der Waals surface area contributed by atoms with Gasteiger partial charge < -0.3 is 14.8 Å². The SMILES string of the molecule is CCOc1ccc(C2CC3C(=O)N(CC(=O)NCc4ccc(OC)cc4)N=CN3N2)cc1. The van der Waals surface area contributed by atoms with E-state index in [4.69, 9.17) is 9.47 Å². The highest BCUT2D eigenvalue weighted by molar-refractivity contribution is 5.91. The lowest BCUT2D eigenvalue weighted by Crippen LogP contribution is -2.52. The highest BCUT2D eigenvalue weighted by Crippen LogP contribution is 2.30. The third-order valence-electron chi connectivity index (χ3n) is 5.49. The number of hydrogen-bond acceptors (Lipinski definition) is 7. The van der Waals surface area contributed by atoms with Gasteiger partial charge in [-0.15, -0.1) is 0 Å². The predicted molar refractivity (Wildman–Crippen MR) is 119 cm³/mol. The summed E-state index contributed by atoms with van der Waals surface area (Å²) in [4.78, 5) is 25.3. The van der Waals surface area contributed by atoms with Crippen LogP contribution in [0.4, 0.5) is 0 Å². The fourth-order valence-electron chi connectivity index (χ4n) is 3.77. The average molecular weight is 438 g/mol. The molecule has 0 spiro atoms. The molecule has 9 nitrogen and oxygen atoms in total. The van der Waals surface area contributed by atoms with Gasteiger partial charge in [-0.2, -0.15) is 5.10 Å². The Kier molecular flexibility index (Phi) is 6.55. The van der Waals surface area contributed by atoms with Gasteiger partial charge in [0.25, 0.3) is 5.91 Å². The quantitative estimate of drug-likeness (QED) is 0.654. The van der Waals surface area contributed by atoms with Crippen molar-refractivity contribution in [3.05, 3.63) is 59.7 Å². The summed E-state index contributed by atoms with van der Waals surface area (Å²) in [6.07, 6.45) is 2.15. The molecule has 2 amide bonds. The van der Waals surface area contributed by atoms with E-state index in [9.17, 15) is 9.59 Å². The van der Waals surface area contributed by atoms with E-state index in [1.807, 2.05) is 55.5 Å². The fraction of sp³-hybridized carbons (Fsp3) is 0.348. The first-order chi connectivity index (χ1) is 15.6. The normalized spacial score (nSPS) is 19.6. The standard InChI is InChI=1S/C23H27N5O4/c1-3-32-19-10-6-17(7-11-19)20-12-21-23(30)27(25-15-28(21)26-20)14-22(29)24-13-16-4-8-18(31-2)9-5-16/h4-11,15,20-21,26H,3,12-14H2,1-2H3,(H,24,29). The number of hydrogen-bond donors (Lipinski definition) is 2. The molecule has 0 saturated carbocycles. The van der Waals surface area contributed by atoms with Gasteiger partial charge in [-0.25, -0.2) is 10.4 Å². The molecule has 0 radical (unpaired) electrons. The van der Waals surface area contributed by atoms with Gasteiger partial charge in [-0.3, -0.25) is 14.6 Å². The third kappa shape index (κ3) is 4.83. The van der Waals surface area contributed by atoms with Crippen LogP contribution < -0.4 is 20.2 Å². The monoisotopic (exact) mass is 437 g/mol. The summed E-state index contributed by atoms with van der Waals surface area (Å²) in [5.41, 5.74) is 5.31. The van der Waals surface area contributed by atoms with Crippen LogP contribution in [-0.2, 0) is 16.1 Å². The summed E-state index contributed by atoms with van der Waals surface area (Å²) < 4.78 is 10.6. The largest absolute Gasteiger partial charge is 0.497 e. The number of carbonyl (C=O) groups excluding carboxylic acids is 2. The molecule has 32 heavy (non-hydrogen) atoms. The van der Waals surface area contributed by atoms with Crippen molar-refractivity contribution in [3.63, 3.8) is 0 Å². The Morgan fingerprint density at radius 2 is 1.88 bits per heavy atom. The maximum atomic E-state index is 12.9. The molecule has 2 aliphatic heterocycles. The van der Waals surface area contributed by atoms with E-state index in [0.29, 0.717) is 19.6 Å². The number of amides is 2. The van der Waals surface area contributed by atoms with Gasteiger partial charge in [0.2, 0.25) is 5.91 Å². The minimum atomic E-state index is -0.404. The smallest absolute Gasteiger partial charge is 0.267 e. The average Bonchev–Trinajstić information content (AvgIpc) is 3.26. The molecular weight excluding hydrogens is 410 g/mol. The second kappa shape index (κ2) is 9.69. The minimum absolute atomic E-state index is 0.0186. The molecule has 1 saturated heterocycles. The van der Waals surface area contributed by atoms with Crippen LogP contribution in [0.5, 0.6) is 11.5 Å².